The molecule has 0 radical (unpaired) electrons. The highest BCUT2D eigenvalue weighted by molar-refractivity contribution is 7.17. The smallest absolute Gasteiger partial charge is 0.267 e. The molecule has 5 nitrogen and oxygen atoms in total. The minimum Gasteiger partial charge on any atom is -0.375 e. The normalized spacial score (nSPS) is 10.4. The minimum atomic E-state index is -0.182. The molecule has 6 heteroatoms. The molecule has 1 aromatic carbocycles. The molecule has 2 aromatic rings. The highest BCUT2D eigenvalue weighted by atomic mass is 32.1. The van der Waals surface area contributed by atoms with Crippen LogP contribution in [0.5, 0.6) is 0 Å². The number of amides is 1. The number of benzene rings is 1. The van der Waals surface area contributed by atoms with E-state index in [0.717, 1.165) is 17.7 Å². The van der Waals surface area contributed by atoms with Crippen LogP contribution in [0.4, 0.5) is 10.8 Å². The fraction of sp³-hybridized carbons (Fsp3) is 0.231. The number of aromatic nitrogens is 1. The third-order valence-electron chi connectivity index (χ3n) is 2.66. The second-order valence-electron chi connectivity index (χ2n) is 4.16. The molecule has 1 aromatic heterocycles. The summed E-state index contributed by atoms with van der Waals surface area (Å²) in [6.07, 6.45) is 0.832. The Morgan fingerprint density at radius 2 is 2.05 bits per heavy atom. The number of carbonyl (C=O) groups excluding carboxylic acids is 1. The average molecular weight is 276 g/mol. The molecule has 0 fully saturated rings. The fourth-order valence-corrected chi connectivity index (χ4v) is 2.47. The quantitative estimate of drug-likeness (QED) is 0.793. The van der Waals surface area contributed by atoms with Crippen LogP contribution < -0.4 is 16.8 Å². The van der Waals surface area contributed by atoms with Crippen molar-refractivity contribution in [3.8, 4) is 0 Å². The van der Waals surface area contributed by atoms with E-state index in [1.54, 1.807) is 6.92 Å². The number of nitrogens with one attached hydrogen (secondary N) is 1. The Morgan fingerprint density at radius 3 is 2.58 bits per heavy atom. The summed E-state index contributed by atoms with van der Waals surface area (Å²) in [5.74, 6) is -0.182. The predicted octanol–water partition coefficient (Wildman–Crippen LogP) is 1.79. The number of hydrogen-bond acceptors (Lipinski definition) is 5. The Labute approximate surface area is 115 Å². The third-order valence-corrected chi connectivity index (χ3v) is 3.65. The van der Waals surface area contributed by atoms with Crippen LogP contribution in [-0.4, -0.2) is 17.4 Å². The average Bonchev–Trinajstić information content (AvgIpc) is 2.71. The summed E-state index contributed by atoms with van der Waals surface area (Å²) in [5.41, 5.74) is 13.6. The molecule has 0 unspecified atom stereocenters. The number of rotatable bonds is 4. The van der Waals surface area contributed by atoms with Gasteiger partial charge >= 0.3 is 0 Å². The van der Waals surface area contributed by atoms with Crippen LogP contribution in [0.25, 0.3) is 0 Å². The second-order valence-corrected chi connectivity index (χ2v) is 5.19. The molecule has 0 bridgehead atoms. The van der Waals surface area contributed by atoms with E-state index in [1.807, 2.05) is 24.3 Å². The van der Waals surface area contributed by atoms with Crippen molar-refractivity contribution in [1.29, 1.82) is 0 Å². The summed E-state index contributed by atoms with van der Waals surface area (Å²) in [5, 5.41) is 3.23. The molecular formula is C13H16N4OS. The van der Waals surface area contributed by atoms with E-state index in [0.29, 0.717) is 22.2 Å². The molecule has 1 amide bonds. The molecule has 1 heterocycles. The van der Waals surface area contributed by atoms with Gasteiger partial charge in [0, 0.05) is 5.69 Å². The van der Waals surface area contributed by atoms with Crippen LogP contribution in [0.1, 0.15) is 20.9 Å². The largest absolute Gasteiger partial charge is 0.375 e. The van der Waals surface area contributed by atoms with Gasteiger partial charge in [-0.05, 0) is 37.6 Å². The number of nitrogen functional groups attached to an aromatic ring is 1. The van der Waals surface area contributed by atoms with Gasteiger partial charge in [-0.1, -0.05) is 23.5 Å². The van der Waals surface area contributed by atoms with Crippen molar-refractivity contribution in [2.45, 2.75) is 13.3 Å². The van der Waals surface area contributed by atoms with Crippen LogP contribution in [0.3, 0.4) is 0 Å². The summed E-state index contributed by atoms with van der Waals surface area (Å²) in [7, 11) is 0. The van der Waals surface area contributed by atoms with Crippen molar-refractivity contribution >= 4 is 28.1 Å². The molecule has 0 aliphatic heterocycles. The van der Waals surface area contributed by atoms with E-state index in [4.69, 9.17) is 11.5 Å². The summed E-state index contributed by atoms with van der Waals surface area (Å²) >= 11 is 1.19. The number of nitrogens with two attached hydrogens (primary N) is 2. The van der Waals surface area contributed by atoms with E-state index < -0.39 is 0 Å². The van der Waals surface area contributed by atoms with Crippen molar-refractivity contribution in [2.24, 2.45) is 5.73 Å². The van der Waals surface area contributed by atoms with Gasteiger partial charge in [0.25, 0.3) is 5.91 Å². The van der Waals surface area contributed by atoms with Crippen molar-refractivity contribution < 1.29 is 4.79 Å². The first-order valence-corrected chi connectivity index (χ1v) is 6.75. The van der Waals surface area contributed by atoms with Gasteiger partial charge in [-0.25, -0.2) is 4.98 Å². The maximum atomic E-state index is 12.0. The van der Waals surface area contributed by atoms with Crippen LogP contribution >= 0.6 is 11.3 Å². The Morgan fingerprint density at radius 1 is 1.37 bits per heavy atom. The topological polar surface area (TPSA) is 94.0 Å². The number of aryl methyl sites for hydroxylation is 1. The van der Waals surface area contributed by atoms with Crippen LogP contribution in [0.2, 0.25) is 0 Å². The van der Waals surface area contributed by atoms with E-state index in [1.165, 1.54) is 11.3 Å². The molecule has 2 rings (SSSR count). The number of carbonyl (C=O) groups is 1. The highest BCUT2D eigenvalue weighted by Crippen LogP contribution is 2.21. The highest BCUT2D eigenvalue weighted by Gasteiger charge is 2.14. The van der Waals surface area contributed by atoms with Gasteiger partial charge in [-0.2, -0.15) is 0 Å². The van der Waals surface area contributed by atoms with Gasteiger partial charge in [0.05, 0.1) is 5.69 Å². The first kappa shape index (κ1) is 13.5. The van der Waals surface area contributed by atoms with Gasteiger partial charge in [0.2, 0.25) is 0 Å². The molecular weight excluding hydrogens is 260 g/mol. The van der Waals surface area contributed by atoms with E-state index in [2.05, 4.69) is 10.3 Å². The van der Waals surface area contributed by atoms with Gasteiger partial charge in [0.1, 0.15) is 4.88 Å². The SMILES string of the molecule is Cc1nc(N)sc1C(=O)Nc1ccc(CCN)cc1. The van der Waals surface area contributed by atoms with E-state index in [9.17, 15) is 4.79 Å². The van der Waals surface area contributed by atoms with Crippen LogP contribution in [-0.2, 0) is 6.42 Å². The zero-order valence-corrected chi connectivity index (χ0v) is 11.5. The molecule has 19 heavy (non-hydrogen) atoms. The lowest BCUT2D eigenvalue weighted by Gasteiger charge is -2.05. The van der Waals surface area contributed by atoms with Crippen LogP contribution in [0.15, 0.2) is 24.3 Å². The fourth-order valence-electron chi connectivity index (χ4n) is 1.74. The van der Waals surface area contributed by atoms with Gasteiger partial charge in [-0.3, -0.25) is 4.79 Å². The van der Waals surface area contributed by atoms with Crippen molar-refractivity contribution in [3.63, 3.8) is 0 Å². The summed E-state index contributed by atoms with van der Waals surface area (Å²) in [4.78, 5) is 16.6. The molecule has 5 N–H and O–H groups in total. The zero-order valence-electron chi connectivity index (χ0n) is 10.6. The Balaban J connectivity index is 2.08. The lowest BCUT2D eigenvalue weighted by atomic mass is 10.1. The summed E-state index contributed by atoms with van der Waals surface area (Å²) in [6, 6.07) is 7.64. The van der Waals surface area contributed by atoms with Crippen molar-refractivity contribution in [2.75, 3.05) is 17.6 Å². The van der Waals surface area contributed by atoms with Gasteiger partial charge < -0.3 is 16.8 Å². The number of hydrogen-bond donors (Lipinski definition) is 3. The van der Waals surface area contributed by atoms with Gasteiger partial charge in [0.15, 0.2) is 5.13 Å². The third kappa shape index (κ3) is 3.30. The Kier molecular flexibility index (Phi) is 4.13. The molecule has 0 atom stereocenters. The number of nitrogens with zero attached hydrogens (tertiary/aromatic N) is 1. The Hall–Kier alpha value is -1.92. The number of anilines is 2. The van der Waals surface area contributed by atoms with Crippen molar-refractivity contribution in [3.05, 3.63) is 40.4 Å². The van der Waals surface area contributed by atoms with Crippen molar-refractivity contribution in [1.82, 2.24) is 4.98 Å². The zero-order chi connectivity index (χ0) is 13.8. The first-order valence-electron chi connectivity index (χ1n) is 5.93. The first-order chi connectivity index (χ1) is 9.10. The molecule has 0 aliphatic rings. The standard InChI is InChI=1S/C13H16N4OS/c1-8-11(19-13(15)16-8)12(18)17-10-4-2-9(3-5-10)6-7-14/h2-5H,6-7,14H2,1H3,(H2,15,16)(H,17,18). The van der Waals surface area contributed by atoms with Gasteiger partial charge in [-0.15, -0.1) is 0 Å². The molecule has 0 saturated carbocycles. The molecule has 100 valence electrons. The Bertz CT molecular complexity index is 577. The molecule has 0 spiro atoms. The monoisotopic (exact) mass is 276 g/mol. The van der Waals surface area contributed by atoms with E-state index in [-0.39, 0.29) is 5.91 Å². The lowest BCUT2D eigenvalue weighted by Crippen LogP contribution is -2.11. The molecule has 0 aliphatic carbocycles. The lowest BCUT2D eigenvalue weighted by molar-refractivity contribution is 0.103. The summed E-state index contributed by atoms with van der Waals surface area (Å²) in [6.45, 7) is 2.39. The second kappa shape index (κ2) is 5.81. The van der Waals surface area contributed by atoms with E-state index >= 15 is 0 Å². The maximum Gasteiger partial charge on any atom is 0.267 e. The molecule has 0 saturated heterocycles. The minimum absolute atomic E-state index is 0.182. The summed E-state index contributed by atoms with van der Waals surface area (Å²) < 4.78 is 0. The predicted molar refractivity (Wildman–Crippen MR) is 78.4 cm³/mol. The maximum absolute atomic E-state index is 12.0. The van der Waals surface area contributed by atoms with Crippen LogP contribution in [0, 0.1) is 6.92 Å². The number of thiazole rings is 1.